The number of rotatable bonds is 4. The number of nitrogens with two attached hydrogens (primary N) is 1. The average molecular weight is 213 g/mol. The summed E-state index contributed by atoms with van der Waals surface area (Å²) in [5, 5.41) is 3.46. The summed E-state index contributed by atoms with van der Waals surface area (Å²) in [6.45, 7) is 2.76. The molecule has 0 saturated heterocycles. The first-order chi connectivity index (χ1) is 6.75. The summed E-state index contributed by atoms with van der Waals surface area (Å²) in [4.78, 5) is 7.74. The van der Waals surface area contributed by atoms with Gasteiger partial charge in [0.1, 0.15) is 23.0 Å². The molecule has 3 N–H and O–H groups in total. The Morgan fingerprint density at radius 3 is 3.07 bits per heavy atom. The van der Waals surface area contributed by atoms with Crippen LogP contribution in [-0.2, 0) is 0 Å². The Bertz CT molecular complexity index is 325. The molecule has 1 rings (SSSR count). The van der Waals surface area contributed by atoms with Gasteiger partial charge in [0.2, 0.25) is 0 Å². The second-order valence-electron chi connectivity index (χ2n) is 2.71. The third kappa shape index (κ3) is 2.88. The third-order valence-corrected chi connectivity index (χ3v) is 2.03. The molecule has 4 nitrogen and oxygen atoms in total. The summed E-state index contributed by atoms with van der Waals surface area (Å²) in [5.41, 5.74) is 5.51. The summed E-state index contributed by atoms with van der Waals surface area (Å²) in [7, 11) is 0. The van der Waals surface area contributed by atoms with Gasteiger partial charge in [0.05, 0.1) is 0 Å². The van der Waals surface area contributed by atoms with E-state index >= 15 is 0 Å². The molecule has 14 heavy (non-hydrogen) atoms. The monoisotopic (exact) mass is 212 g/mol. The Hall–Kier alpha value is -1.29. The van der Waals surface area contributed by atoms with Gasteiger partial charge in [-0.2, -0.15) is 0 Å². The SMILES string of the molecule is C/C=C/CCNc1ncnc(N)c1Cl. The average Bonchev–Trinajstić information content (AvgIpc) is 2.19. The zero-order valence-electron chi connectivity index (χ0n) is 8.00. The number of anilines is 2. The number of nitrogens with zero attached hydrogens (tertiary/aromatic N) is 2. The molecule has 0 fully saturated rings. The van der Waals surface area contributed by atoms with Crippen LogP contribution in [0.5, 0.6) is 0 Å². The van der Waals surface area contributed by atoms with Crippen LogP contribution in [0, 0.1) is 0 Å². The van der Waals surface area contributed by atoms with Crippen molar-refractivity contribution in [3.8, 4) is 0 Å². The van der Waals surface area contributed by atoms with Gasteiger partial charge in [0, 0.05) is 6.54 Å². The summed E-state index contributed by atoms with van der Waals surface area (Å²) in [6, 6.07) is 0. The van der Waals surface area contributed by atoms with Gasteiger partial charge in [-0.1, -0.05) is 23.8 Å². The third-order valence-electron chi connectivity index (χ3n) is 1.66. The molecule has 1 heterocycles. The van der Waals surface area contributed by atoms with E-state index in [1.165, 1.54) is 6.33 Å². The summed E-state index contributed by atoms with van der Waals surface area (Å²) < 4.78 is 0. The number of hydrogen-bond donors (Lipinski definition) is 2. The molecule has 0 aliphatic heterocycles. The van der Waals surface area contributed by atoms with Crippen molar-refractivity contribution in [3.63, 3.8) is 0 Å². The molecule has 0 bridgehead atoms. The van der Waals surface area contributed by atoms with Gasteiger partial charge in [-0.3, -0.25) is 0 Å². The van der Waals surface area contributed by atoms with Crippen molar-refractivity contribution in [2.45, 2.75) is 13.3 Å². The molecule has 5 heteroatoms. The van der Waals surface area contributed by atoms with Crippen molar-refractivity contribution in [2.75, 3.05) is 17.6 Å². The minimum Gasteiger partial charge on any atom is -0.382 e. The highest BCUT2D eigenvalue weighted by Crippen LogP contribution is 2.22. The lowest BCUT2D eigenvalue weighted by atomic mass is 10.4. The van der Waals surface area contributed by atoms with Gasteiger partial charge in [0.25, 0.3) is 0 Å². The minimum atomic E-state index is 0.301. The molecule has 0 saturated carbocycles. The van der Waals surface area contributed by atoms with Crippen molar-refractivity contribution < 1.29 is 0 Å². The Balaban J connectivity index is 2.54. The van der Waals surface area contributed by atoms with E-state index in [4.69, 9.17) is 17.3 Å². The molecule has 0 atom stereocenters. The van der Waals surface area contributed by atoms with Crippen LogP contribution in [0.15, 0.2) is 18.5 Å². The number of aromatic nitrogens is 2. The van der Waals surface area contributed by atoms with E-state index < -0.39 is 0 Å². The zero-order chi connectivity index (χ0) is 10.4. The number of nitrogen functional groups attached to an aromatic ring is 1. The highest BCUT2D eigenvalue weighted by Gasteiger charge is 2.04. The number of hydrogen-bond acceptors (Lipinski definition) is 4. The summed E-state index contributed by atoms with van der Waals surface area (Å²) in [6.07, 6.45) is 6.37. The van der Waals surface area contributed by atoms with Crippen LogP contribution in [0.4, 0.5) is 11.6 Å². The standard InChI is InChI=1S/C9H13ClN4/c1-2-3-4-5-12-9-7(10)8(11)13-6-14-9/h2-3,6H,4-5H2,1H3,(H3,11,12,13,14)/b3-2+. The van der Waals surface area contributed by atoms with Gasteiger partial charge in [-0.05, 0) is 13.3 Å². The van der Waals surface area contributed by atoms with Crippen LogP contribution < -0.4 is 11.1 Å². The molecule has 0 unspecified atom stereocenters. The Morgan fingerprint density at radius 1 is 1.57 bits per heavy atom. The maximum Gasteiger partial charge on any atom is 0.150 e. The van der Waals surface area contributed by atoms with E-state index in [9.17, 15) is 0 Å². The van der Waals surface area contributed by atoms with Crippen molar-refractivity contribution >= 4 is 23.2 Å². The first kappa shape index (κ1) is 10.8. The van der Waals surface area contributed by atoms with Gasteiger partial charge < -0.3 is 11.1 Å². The van der Waals surface area contributed by atoms with Crippen LogP contribution in [0.25, 0.3) is 0 Å². The fraction of sp³-hybridized carbons (Fsp3) is 0.333. The molecular weight excluding hydrogens is 200 g/mol. The maximum absolute atomic E-state index is 5.88. The fourth-order valence-electron chi connectivity index (χ4n) is 0.947. The van der Waals surface area contributed by atoms with E-state index in [0.717, 1.165) is 13.0 Å². The lowest BCUT2D eigenvalue weighted by Crippen LogP contribution is -2.05. The van der Waals surface area contributed by atoms with Gasteiger partial charge >= 0.3 is 0 Å². The first-order valence-electron chi connectivity index (χ1n) is 4.36. The fourth-order valence-corrected chi connectivity index (χ4v) is 1.11. The van der Waals surface area contributed by atoms with Crippen LogP contribution >= 0.6 is 11.6 Å². The van der Waals surface area contributed by atoms with Crippen molar-refractivity contribution in [1.29, 1.82) is 0 Å². The lowest BCUT2D eigenvalue weighted by Gasteiger charge is -2.06. The summed E-state index contributed by atoms with van der Waals surface area (Å²) in [5.74, 6) is 0.888. The Kier molecular flexibility index (Phi) is 4.19. The second kappa shape index (κ2) is 5.44. The van der Waals surface area contributed by atoms with E-state index in [-0.39, 0.29) is 0 Å². The van der Waals surface area contributed by atoms with Gasteiger partial charge in [0.15, 0.2) is 0 Å². The molecule has 1 aromatic rings. The maximum atomic E-state index is 5.88. The number of allylic oxidation sites excluding steroid dienone is 1. The summed E-state index contributed by atoms with van der Waals surface area (Å²) >= 11 is 5.88. The zero-order valence-corrected chi connectivity index (χ0v) is 8.75. The number of halogens is 1. The predicted octanol–water partition coefficient (Wildman–Crippen LogP) is 2.09. The predicted molar refractivity (Wildman–Crippen MR) is 59.4 cm³/mol. The van der Waals surface area contributed by atoms with E-state index in [0.29, 0.717) is 16.7 Å². The lowest BCUT2D eigenvalue weighted by molar-refractivity contribution is 1.03. The molecule has 0 aliphatic carbocycles. The number of nitrogens with one attached hydrogen (secondary N) is 1. The van der Waals surface area contributed by atoms with E-state index in [1.54, 1.807) is 0 Å². The Labute approximate surface area is 88.2 Å². The van der Waals surface area contributed by atoms with Crippen LogP contribution in [0.1, 0.15) is 13.3 Å². The molecule has 1 aromatic heterocycles. The second-order valence-corrected chi connectivity index (χ2v) is 3.08. The molecule has 0 amide bonds. The van der Waals surface area contributed by atoms with Gasteiger partial charge in [-0.15, -0.1) is 0 Å². The highest BCUT2D eigenvalue weighted by molar-refractivity contribution is 6.35. The van der Waals surface area contributed by atoms with Crippen LogP contribution in [-0.4, -0.2) is 16.5 Å². The normalized spacial score (nSPS) is 10.7. The van der Waals surface area contributed by atoms with Crippen molar-refractivity contribution in [2.24, 2.45) is 0 Å². The molecule has 0 radical (unpaired) electrons. The van der Waals surface area contributed by atoms with Gasteiger partial charge in [-0.25, -0.2) is 9.97 Å². The molecule has 0 spiro atoms. The minimum absolute atomic E-state index is 0.301. The topological polar surface area (TPSA) is 63.8 Å². The first-order valence-corrected chi connectivity index (χ1v) is 4.74. The quantitative estimate of drug-likeness (QED) is 0.593. The molecular formula is C9H13ClN4. The van der Waals surface area contributed by atoms with Crippen molar-refractivity contribution in [1.82, 2.24) is 9.97 Å². The van der Waals surface area contributed by atoms with Crippen LogP contribution in [0.2, 0.25) is 5.02 Å². The molecule has 0 aromatic carbocycles. The van der Waals surface area contributed by atoms with Crippen molar-refractivity contribution in [3.05, 3.63) is 23.5 Å². The molecule has 0 aliphatic rings. The van der Waals surface area contributed by atoms with E-state index in [1.807, 2.05) is 13.0 Å². The van der Waals surface area contributed by atoms with E-state index in [2.05, 4.69) is 21.4 Å². The Morgan fingerprint density at radius 2 is 2.36 bits per heavy atom. The molecule has 76 valence electrons. The largest absolute Gasteiger partial charge is 0.382 e. The smallest absolute Gasteiger partial charge is 0.150 e. The highest BCUT2D eigenvalue weighted by atomic mass is 35.5. The van der Waals surface area contributed by atoms with Crippen LogP contribution in [0.3, 0.4) is 0 Å².